The first-order chi connectivity index (χ1) is 16.0. The van der Waals surface area contributed by atoms with Crippen molar-refractivity contribution in [2.75, 3.05) is 26.2 Å². The van der Waals surface area contributed by atoms with Gasteiger partial charge in [0, 0.05) is 54.7 Å². The first-order valence-corrected chi connectivity index (χ1v) is 12.3. The molecule has 0 bridgehead atoms. The number of benzene rings is 2. The molecule has 2 fully saturated rings. The minimum absolute atomic E-state index is 0.000315. The molecule has 0 radical (unpaired) electrons. The fourth-order valence-corrected chi connectivity index (χ4v) is 5.26. The Morgan fingerprint density at radius 3 is 2.52 bits per heavy atom. The third kappa shape index (κ3) is 5.26. The molecule has 0 saturated carbocycles. The normalized spacial score (nSPS) is 21.5. The van der Waals surface area contributed by atoms with Gasteiger partial charge >= 0.3 is 0 Å². The van der Waals surface area contributed by atoms with Crippen LogP contribution in [0.25, 0.3) is 10.6 Å². The smallest absolute Gasteiger partial charge is 0.241 e. The Morgan fingerprint density at radius 2 is 1.79 bits per heavy atom. The van der Waals surface area contributed by atoms with E-state index in [9.17, 15) is 9.18 Å². The monoisotopic (exact) mass is 485 g/mol. The maximum atomic E-state index is 13.2. The van der Waals surface area contributed by atoms with Crippen molar-refractivity contribution >= 4 is 28.8 Å². The molecule has 2 N–H and O–H groups in total. The van der Waals surface area contributed by atoms with Crippen molar-refractivity contribution in [2.45, 2.75) is 25.0 Å². The van der Waals surface area contributed by atoms with Crippen molar-refractivity contribution in [2.24, 2.45) is 0 Å². The summed E-state index contributed by atoms with van der Waals surface area (Å²) >= 11 is 7.61. The number of halogens is 2. The molecule has 1 amide bonds. The molecule has 0 aliphatic carbocycles. The number of aromatic nitrogens is 1. The van der Waals surface area contributed by atoms with Gasteiger partial charge < -0.3 is 4.90 Å². The lowest BCUT2D eigenvalue weighted by Crippen LogP contribution is -2.53. The minimum Gasteiger partial charge on any atom is -0.339 e. The van der Waals surface area contributed by atoms with Crippen molar-refractivity contribution < 1.29 is 9.18 Å². The number of carbonyl (C=O) groups is 1. The molecule has 1 aromatic heterocycles. The van der Waals surface area contributed by atoms with Crippen LogP contribution in [0.3, 0.4) is 0 Å². The van der Waals surface area contributed by atoms with E-state index in [1.807, 2.05) is 29.2 Å². The van der Waals surface area contributed by atoms with Gasteiger partial charge in [-0.3, -0.25) is 9.69 Å². The number of carbonyl (C=O) groups excluding carboxylic acids is 1. The molecule has 3 heterocycles. The molecular formula is C24H25ClFN5OS. The number of hydrazine groups is 1. The first kappa shape index (κ1) is 22.4. The van der Waals surface area contributed by atoms with Crippen LogP contribution < -0.4 is 10.9 Å². The molecule has 2 aliphatic rings. The molecule has 0 spiro atoms. The molecule has 5 rings (SSSR count). The van der Waals surface area contributed by atoms with Crippen LogP contribution in [0, 0.1) is 5.82 Å². The van der Waals surface area contributed by atoms with Crippen LogP contribution in [-0.2, 0) is 11.3 Å². The molecule has 2 saturated heterocycles. The molecule has 9 heteroatoms. The second-order valence-corrected chi connectivity index (χ2v) is 9.73. The summed E-state index contributed by atoms with van der Waals surface area (Å²) in [6, 6.07) is 13.9. The second-order valence-electron chi connectivity index (χ2n) is 8.43. The Morgan fingerprint density at radius 1 is 1.06 bits per heavy atom. The topological polar surface area (TPSA) is 60.5 Å². The predicted octanol–water partition coefficient (Wildman–Crippen LogP) is 3.85. The van der Waals surface area contributed by atoms with Crippen LogP contribution >= 0.6 is 22.9 Å². The zero-order valence-corrected chi connectivity index (χ0v) is 19.6. The van der Waals surface area contributed by atoms with Gasteiger partial charge in [0.25, 0.3) is 0 Å². The number of hydrogen-bond donors (Lipinski definition) is 2. The van der Waals surface area contributed by atoms with Crippen molar-refractivity contribution in [3.05, 3.63) is 76.0 Å². The predicted molar refractivity (Wildman–Crippen MR) is 128 cm³/mol. The van der Waals surface area contributed by atoms with E-state index in [-0.39, 0.29) is 23.8 Å². The third-order valence-corrected chi connectivity index (χ3v) is 7.38. The highest BCUT2D eigenvalue weighted by Gasteiger charge is 2.34. The van der Waals surface area contributed by atoms with E-state index in [0.717, 1.165) is 46.5 Å². The zero-order valence-electron chi connectivity index (χ0n) is 18.0. The van der Waals surface area contributed by atoms with Crippen LogP contribution in [0.5, 0.6) is 0 Å². The van der Waals surface area contributed by atoms with E-state index < -0.39 is 0 Å². The first-order valence-electron chi connectivity index (χ1n) is 11.0. The van der Waals surface area contributed by atoms with Gasteiger partial charge in [-0.1, -0.05) is 35.9 Å². The molecule has 172 valence electrons. The lowest BCUT2D eigenvalue weighted by atomic mass is 10.0. The van der Waals surface area contributed by atoms with Gasteiger partial charge in [0.1, 0.15) is 16.9 Å². The SMILES string of the molecule is O=C(C1CC(c2ccc(F)cc2)NN1)N1CCN(Cc2csc(-c3ccc(Cl)cc3)n2)CC1. The number of piperazine rings is 1. The van der Waals surface area contributed by atoms with Crippen LogP contribution in [0.1, 0.15) is 23.7 Å². The van der Waals surface area contributed by atoms with Gasteiger partial charge in [-0.2, -0.15) is 0 Å². The highest BCUT2D eigenvalue weighted by Crippen LogP contribution is 2.26. The summed E-state index contributed by atoms with van der Waals surface area (Å²) < 4.78 is 13.2. The van der Waals surface area contributed by atoms with E-state index in [1.165, 1.54) is 12.1 Å². The summed E-state index contributed by atoms with van der Waals surface area (Å²) in [5.74, 6) is -0.139. The number of amides is 1. The van der Waals surface area contributed by atoms with E-state index in [2.05, 4.69) is 21.1 Å². The average Bonchev–Trinajstić information content (AvgIpc) is 3.51. The van der Waals surface area contributed by atoms with Gasteiger partial charge in [-0.15, -0.1) is 11.3 Å². The van der Waals surface area contributed by atoms with Crippen LogP contribution in [0.15, 0.2) is 53.9 Å². The van der Waals surface area contributed by atoms with E-state index in [0.29, 0.717) is 19.5 Å². The van der Waals surface area contributed by atoms with Gasteiger partial charge in [0.2, 0.25) is 5.91 Å². The standard InChI is InChI=1S/C24H25ClFN5OS/c25-18-5-1-17(2-6-18)23-27-20(15-33-23)14-30-9-11-31(12-10-30)24(32)22-13-21(28-29-22)16-3-7-19(26)8-4-16/h1-8,15,21-22,28-29H,9-14H2. The number of thiazole rings is 1. The molecule has 2 unspecified atom stereocenters. The van der Waals surface area contributed by atoms with Crippen LogP contribution in [0.2, 0.25) is 5.02 Å². The Hall–Kier alpha value is -2.36. The molecule has 2 aromatic carbocycles. The summed E-state index contributed by atoms with van der Waals surface area (Å²) in [7, 11) is 0. The van der Waals surface area contributed by atoms with Crippen LogP contribution in [0.4, 0.5) is 4.39 Å². The molecule has 6 nitrogen and oxygen atoms in total. The van der Waals surface area contributed by atoms with Gasteiger partial charge in [-0.05, 0) is 36.2 Å². The Labute approximate surface area is 201 Å². The Bertz CT molecular complexity index is 1100. The highest BCUT2D eigenvalue weighted by atomic mass is 35.5. The van der Waals surface area contributed by atoms with Crippen molar-refractivity contribution in [3.8, 4) is 10.6 Å². The second kappa shape index (κ2) is 9.87. The van der Waals surface area contributed by atoms with Crippen molar-refractivity contribution in [1.82, 2.24) is 25.6 Å². The van der Waals surface area contributed by atoms with E-state index in [1.54, 1.807) is 23.5 Å². The number of rotatable bonds is 5. The lowest BCUT2D eigenvalue weighted by molar-refractivity contribution is -0.135. The molecule has 3 aromatic rings. The van der Waals surface area contributed by atoms with Crippen molar-refractivity contribution in [1.29, 1.82) is 0 Å². The van der Waals surface area contributed by atoms with Crippen molar-refractivity contribution in [3.63, 3.8) is 0 Å². The minimum atomic E-state index is -0.271. The van der Waals surface area contributed by atoms with Gasteiger partial charge in [0.05, 0.1) is 5.69 Å². The Balaban J connectivity index is 1.11. The number of hydrogen-bond acceptors (Lipinski definition) is 6. The maximum Gasteiger partial charge on any atom is 0.241 e. The summed E-state index contributed by atoms with van der Waals surface area (Å²) in [6.45, 7) is 3.82. The number of nitrogens with one attached hydrogen (secondary N) is 2. The fraction of sp³-hybridized carbons (Fsp3) is 0.333. The third-order valence-electron chi connectivity index (χ3n) is 6.19. The molecular weight excluding hydrogens is 461 g/mol. The maximum absolute atomic E-state index is 13.2. The summed E-state index contributed by atoms with van der Waals surface area (Å²) in [4.78, 5) is 22.1. The molecule has 2 atom stereocenters. The number of nitrogens with zero attached hydrogens (tertiary/aromatic N) is 3. The average molecular weight is 486 g/mol. The Kier molecular flexibility index (Phi) is 6.71. The summed E-state index contributed by atoms with van der Waals surface area (Å²) in [5, 5.41) is 3.81. The highest BCUT2D eigenvalue weighted by molar-refractivity contribution is 7.13. The largest absolute Gasteiger partial charge is 0.339 e. The summed E-state index contributed by atoms with van der Waals surface area (Å²) in [5.41, 5.74) is 9.40. The molecule has 2 aliphatic heterocycles. The van der Waals surface area contributed by atoms with Crippen LogP contribution in [-0.4, -0.2) is 52.9 Å². The zero-order chi connectivity index (χ0) is 22.8. The fourth-order valence-electron chi connectivity index (χ4n) is 4.31. The lowest BCUT2D eigenvalue weighted by Gasteiger charge is -2.35. The quantitative estimate of drug-likeness (QED) is 0.574. The van der Waals surface area contributed by atoms with Gasteiger partial charge in [-0.25, -0.2) is 20.2 Å². The van der Waals surface area contributed by atoms with E-state index >= 15 is 0 Å². The molecule has 33 heavy (non-hydrogen) atoms. The summed E-state index contributed by atoms with van der Waals surface area (Å²) in [6.07, 6.45) is 0.650. The van der Waals surface area contributed by atoms with Gasteiger partial charge in [0.15, 0.2) is 0 Å². The van der Waals surface area contributed by atoms with E-state index in [4.69, 9.17) is 16.6 Å².